The number of carbonyl (C=O) groups is 1. The molecule has 0 aliphatic carbocycles. The molecule has 1 atom stereocenters. The van der Waals surface area contributed by atoms with Crippen LogP contribution in [0, 0.1) is 11.7 Å². The van der Waals surface area contributed by atoms with E-state index in [0.717, 1.165) is 12.8 Å². The van der Waals surface area contributed by atoms with Crippen molar-refractivity contribution in [3.63, 3.8) is 0 Å². The molecule has 0 radical (unpaired) electrons. The first-order valence-corrected chi connectivity index (χ1v) is 7.65. The lowest BCUT2D eigenvalue weighted by molar-refractivity contribution is -0.120. The third-order valence-electron chi connectivity index (χ3n) is 3.50. The Kier molecular flexibility index (Phi) is 7.60. The molecular weight excluding hydrogens is 277 g/mol. The van der Waals surface area contributed by atoms with Crippen LogP contribution in [0.3, 0.4) is 0 Å². The average molecular weight is 300 g/mol. The van der Waals surface area contributed by atoms with E-state index < -0.39 is 5.82 Å². The van der Waals surface area contributed by atoms with Crippen molar-refractivity contribution in [2.45, 2.75) is 46.0 Å². The second-order valence-corrected chi connectivity index (χ2v) is 5.57. The van der Waals surface area contributed by atoms with Gasteiger partial charge in [-0.15, -0.1) is 0 Å². The van der Waals surface area contributed by atoms with Gasteiger partial charge in [-0.05, 0) is 30.0 Å². The van der Waals surface area contributed by atoms with Crippen molar-refractivity contribution in [3.05, 3.63) is 34.6 Å². The molecule has 0 saturated heterocycles. The van der Waals surface area contributed by atoms with Gasteiger partial charge < -0.3 is 5.32 Å². The van der Waals surface area contributed by atoms with Gasteiger partial charge in [0, 0.05) is 11.6 Å². The maximum atomic E-state index is 13.6. The highest BCUT2D eigenvalue weighted by Crippen LogP contribution is 2.15. The molecule has 0 bridgehead atoms. The van der Waals surface area contributed by atoms with Crippen molar-refractivity contribution in [2.24, 2.45) is 5.92 Å². The molecule has 0 aromatic heterocycles. The Labute approximate surface area is 125 Å². The molecule has 20 heavy (non-hydrogen) atoms. The summed E-state index contributed by atoms with van der Waals surface area (Å²) >= 11 is 5.68. The number of halogens is 2. The van der Waals surface area contributed by atoms with Crippen molar-refractivity contribution < 1.29 is 9.18 Å². The number of hydrogen-bond acceptors (Lipinski definition) is 1. The summed E-state index contributed by atoms with van der Waals surface area (Å²) < 4.78 is 13.6. The Morgan fingerprint density at radius 1 is 1.40 bits per heavy atom. The van der Waals surface area contributed by atoms with Gasteiger partial charge in [0.25, 0.3) is 0 Å². The molecule has 0 spiro atoms. The van der Waals surface area contributed by atoms with Crippen molar-refractivity contribution in [2.75, 3.05) is 6.54 Å². The van der Waals surface area contributed by atoms with Crippen molar-refractivity contribution in [3.8, 4) is 0 Å². The maximum absolute atomic E-state index is 13.6. The van der Waals surface area contributed by atoms with E-state index in [1.807, 2.05) is 0 Å². The van der Waals surface area contributed by atoms with E-state index in [1.165, 1.54) is 18.9 Å². The van der Waals surface area contributed by atoms with Gasteiger partial charge in [-0.1, -0.05) is 50.8 Å². The first-order chi connectivity index (χ1) is 9.56. The normalized spacial score (nSPS) is 12.2. The van der Waals surface area contributed by atoms with Gasteiger partial charge in [0.15, 0.2) is 0 Å². The molecule has 1 N–H and O–H groups in total. The molecule has 1 unspecified atom stereocenters. The molecule has 1 aromatic rings. The van der Waals surface area contributed by atoms with Gasteiger partial charge >= 0.3 is 0 Å². The van der Waals surface area contributed by atoms with Crippen LogP contribution in [0.4, 0.5) is 4.39 Å². The molecule has 0 heterocycles. The van der Waals surface area contributed by atoms with Crippen LogP contribution >= 0.6 is 11.6 Å². The highest BCUT2D eigenvalue weighted by Gasteiger charge is 2.11. The molecule has 1 amide bonds. The predicted octanol–water partition coefficient (Wildman–Crippen LogP) is 4.35. The third-order valence-corrected chi connectivity index (χ3v) is 3.73. The number of amides is 1. The lowest BCUT2D eigenvalue weighted by Crippen LogP contribution is -2.30. The van der Waals surface area contributed by atoms with Crippen LogP contribution in [0.5, 0.6) is 0 Å². The summed E-state index contributed by atoms with van der Waals surface area (Å²) in [5.41, 5.74) is 0.383. The lowest BCUT2D eigenvalue weighted by atomic mass is 9.99. The van der Waals surface area contributed by atoms with E-state index in [9.17, 15) is 9.18 Å². The van der Waals surface area contributed by atoms with Crippen LogP contribution in [0.15, 0.2) is 18.2 Å². The molecule has 0 saturated carbocycles. The molecule has 0 aliphatic heterocycles. The molecule has 2 nitrogen and oxygen atoms in total. The lowest BCUT2D eigenvalue weighted by Gasteiger charge is -2.15. The largest absolute Gasteiger partial charge is 0.356 e. The molecule has 0 fully saturated rings. The van der Waals surface area contributed by atoms with E-state index in [4.69, 9.17) is 11.6 Å². The quantitative estimate of drug-likeness (QED) is 0.759. The highest BCUT2D eigenvalue weighted by molar-refractivity contribution is 6.30. The van der Waals surface area contributed by atoms with Crippen LogP contribution in [-0.2, 0) is 11.2 Å². The minimum absolute atomic E-state index is 0.0627. The van der Waals surface area contributed by atoms with E-state index in [-0.39, 0.29) is 12.3 Å². The first kappa shape index (κ1) is 17.0. The van der Waals surface area contributed by atoms with Gasteiger partial charge in [0.05, 0.1) is 6.42 Å². The third kappa shape index (κ3) is 5.91. The predicted molar refractivity (Wildman–Crippen MR) is 81.4 cm³/mol. The summed E-state index contributed by atoms with van der Waals surface area (Å²) in [6.45, 7) is 4.96. The number of nitrogens with one attached hydrogen (secondary N) is 1. The molecule has 0 aliphatic rings. The fourth-order valence-electron chi connectivity index (χ4n) is 2.10. The smallest absolute Gasteiger partial charge is 0.224 e. The van der Waals surface area contributed by atoms with Gasteiger partial charge in [0.2, 0.25) is 5.91 Å². The number of rotatable bonds is 8. The van der Waals surface area contributed by atoms with Crippen LogP contribution < -0.4 is 5.32 Å². The molecule has 1 rings (SSSR count). The monoisotopic (exact) mass is 299 g/mol. The topological polar surface area (TPSA) is 29.1 Å². The van der Waals surface area contributed by atoms with Crippen LogP contribution in [-0.4, -0.2) is 12.5 Å². The van der Waals surface area contributed by atoms with Crippen LogP contribution in [0.2, 0.25) is 5.02 Å². The van der Waals surface area contributed by atoms with Crippen molar-refractivity contribution in [1.82, 2.24) is 5.32 Å². The highest BCUT2D eigenvalue weighted by atomic mass is 35.5. The Bertz CT molecular complexity index is 436. The van der Waals surface area contributed by atoms with E-state index in [1.54, 1.807) is 12.1 Å². The second-order valence-electron chi connectivity index (χ2n) is 5.13. The summed E-state index contributed by atoms with van der Waals surface area (Å²) in [5.74, 6) is -0.0548. The zero-order chi connectivity index (χ0) is 15.0. The number of unbranched alkanes of at least 4 members (excludes halogenated alkanes) is 1. The fraction of sp³-hybridized carbons (Fsp3) is 0.562. The summed E-state index contributed by atoms with van der Waals surface area (Å²) in [4.78, 5) is 11.8. The molecule has 4 heteroatoms. The first-order valence-electron chi connectivity index (χ1n) is 7.27. The minimum Gasteiger partial charge on any atom is -0.356 e. The summed E-state index contributed by atoms with van der Waals surface area (Å²) in [6.07, 6.45) is 4.59. The van der Waals surface area contributed by atoms with E-state index in [0.29, 0.717) is 23.0 Å². The van der Waals surface area contributed by atoms with Gasteiger partial charge in [-0.25, -0.2) is 4.39 Å². The number of hydrogen-bond donors (Lipinski definition) is 1. The van der Waals surface area contributed by atoms with Gasteiger partial charge in [-0.2, -0.15) is 0 Å². The minimum atomic E-state index is -0.425. The Morgan fingerprint density at radius 2 is 2.15 bits per heavy atom. The van der Waals surface area contributed by atoms with E-state index >= 15 is 0 Å². The Hall–Kier alpha value is -1.09. The fourth-order valence-corrected chi connectivity index (χ4v) is 2.26. The zero-order valence-electron chi connectivity index (χ0n) is 12.2. The second kappa shape index (κ2) is 8.96. The standard InChI is InChI=1S/C16H23ClFNO/c1-3-5-6-12(4-2)11-19-16(20)9-13-7-8-14(17)10-15(13)18/h7-8,10,12H,3-6,9,11H2,1-2H3,(H,19,20). The van der Waals surface area contributed by atoms with Crippen LogP contribution in [0.25, 0.3) is 0 Å². The molecule has 1 aromatic carbocycles. The van der Waals surface area contributed by atoms with E-state index in [2.05, 4.69) is 19.2 Å². The average Bonchev–Trinajstić information content (AvgIpc) is 2.42. The maximum Gasteiger partial charge on any atom is 0.224 e. The molecular formula is C16H23ClFNO. The number of carbonyl (C=O) groups excluding carboxylic acids is 1. The van der Waals surface area contributed by atoms with Gasteiger partial charge in [-0.3, -0.25) is 4.79 Å². The Morgan fingerprint density at radius 3 is 2.75 bits per heavy atom. The van der Waals surface area contributed by atoms with Crippen molar-refractivity contribution in [1.29, 1.82) is 0 Å². The zero-order valence-corrected chi connectivity index (χ0v) is 13.0. The van der Waals surface area contributed by atoms with Gasteiger partial charge in [0.1, 0.15) is 5.82 Å². The Balaban J connectivity index is 2.43. The van der Waals surface area contributed by atoms with Crippen molar-refractivity contribution >= 4 is 17.5 Å². The van der Waals surface area contributed by atoms with Crippen LogP contribution in [0.1, 0.15) is 45.1 Å². The number of benzene rings is 1. The molecule has 112 valence electrons. The summed E-state index contributed by atoms with van der Waals surface area (Å²) in [7, 11) is 0. The summed E-state index contributed by atoms with van der Waals surface area (Å²) in [6, 6.07) is 4.40. The summed E-state index contributed by atoms with van der Waals surface area (Å²) in [5, 5.41) is 3.24. The SMILES string of the molecule is CCCCC(CC)CNC(=O)Cc1ccc(Cl)cc1F.